The highest BCUT2D eigenvalue weighted by molar-refractivity contribution is 7.22. The molecule has 4 rings (SSSR count). The first-order valence-corrected chi connectivity index (χ1v) is 11.3. The third kappa shape index (κ3) is 4.88. The van der Waals surface area contributed by atoms with Crippen LogP contribution in [0.4, 0.5) is 24.0 Å². The second kappa shape index (κ2) is 9.41. The fraction of sp³-hybridized carbons (Fsp3) is 0.381. The minimum absolute atomic E-state index is 0.0515. The van der Waals surface area contributed by atoms with Gasteiger partial charge in [-0.3, -0.25) is 19.0 Å². The summed E-state index contributed by atoms with van der Waals surface area (Å²) < 4.78 is 40.7. The molecule has 1 aromatic carbocycles. The van der Waals surface area contributed by atoms with E-state index in [0.717, 1.165) is 47.2 Å². The number of carbonyl (C=O) groups is 2. The van der Waals surface area contributed by atoms with Crippen LogP contribution in [0.1, 0.15) is 18.4 Å². The van der Waals surface area contributed by atoms with E-state index in [1.165, 1.54) is 12.1 Å². The molecule has 2 amide bonds. The third-order valence-electron chi connectivity index (χ3n) is 5.50. The summed E-state index contributed by atoms with van der Waals surface area (Å²) in [4.78, 5) is 47.8. The molecule has 1 aliphatic rings. The Morgan fingerprint density at radius 1 is 1.26 bits per heavy atom. The summed E-state index contributed by atoms with van der Waals surface area (Å²) in [7, 11) is 1.59. The smallest absolute Gasteiger partial charge is 0.359 e. The van der Waals surface area contributed by atoms with E-state index in [1.807, 2.05) is 4.90 Å². The highest BCUT2D eigenvalue weighted by Gasteiger charge is 2.33. The topological polar surface area (TPSA) is 109 Å². The molecular formula is C21H21F3N6O3S. The van der Waals surface area contributed by atoms with Crippen molar-refractivity contribution in [1.82, 2.24) is 19.9 Å². The largest absolute Gasteiger partial charge is 0.418 e. The van der Waals surface area contributed by atoms with Crippen LogP contribution in [-0.4, -0.2) is 46.5 Å². The molecule has 13 heteroatoms. The van der Waals surface area contributed by atoms with Crippen LogP contribution >= 0.6 is 11.3 Å². The van der Waals surface area contributed by atoms with Gasteiger partial charge in [0.15, 0.2) is 10.8 Å². The molecule has 0 spiro atoms. The number of rotatable bonds is 5. The number of benzene rings is 1. The number of nitrogens with zero attached hydrogens (tertiary/aromatic N) is 4. The summed E-state index contributed by atoms with van der Waals surface area (Å²) in [6.45, 7) is 0.640. The quantitative estimate of drug-likeness (QED) is 0.564. The molecule has 0 aliphatic carbocycles. The lowest BCUT2D eigenvalue weighted by Gasteiger charge is -2.31. The number of nitrogens with one attached hydrogen (secondary N) is 2. The maximum absolute atomic E-state index is 13.2. The molecule has 1 unspecified atom stereocenters. The number of carbonyl (C=O) groups excluding carboxylic acids is 2. The molecule has 3 aromatic rings. The zero-order valence-electron chi connectivity index (χ0n) is 18.1. The highest BCUT2D eigenvalue weighted by atomic mass is 32.1. The maximum atomic E-state index is 13.2. The zero-order valence-corrected chi connectivity index (χ0v) is 18.9. The van der Waals surface area contributed by atoms with E-state index in [0.29, 0.717) is 18.2 Å². The van der Waals surface area contributed by atoms with Gasteiger partial charge in [0, 0.05) is 20.1 Å². The molecule has 0 radical (unpaired) electrons. The van der Waals surface area contributed by atoms with Crippen molar-refractivity contribution in [3.8, 4) is 0 Å². The van der Waals surface area contributed by atoms with Crippen LogP contribution in [0.5, 0.6) is 0 Å². The van der Waals surface area contributed by atoms with Gasteiger partial charge < -0.3 is 15.5 Å². The molecule has 180 valence electrons. The summed E-state index contributed by atoms with van der Waals surface area (Å²) in [5.41, 5.74) is -1.68. The number of hydrogen-bond acceptors (Lipinski definition) is 7. The standard InChI is InChI=1S/C21H21F3N6O3S/c1-25-18(32)12-5-4-8-29(9-12)20-28-17-16(34-20)19(33)30(11-26-17)10-15(31)27-14-7-3-2-6-13(14)21(22,23)24/h2-3,6-7,11-12H,4-5,8-10H2,1H3,(H,25,32)(H,27,31). The average Bonchev–Trinajstić information content (AvgIpc) is 3.25. The van der Waals surface area contributed by atoms with Crippen LogP contribution in [0, 0.1) is 5.92 Å². The normalized spacial score (nSPS) is 16.5. The summed E-state index contributed by atoms with van der Waals surface area (Å²) in [6, 6.07) is 4.61. The van der Waals surface area contributed by atoms with E-state index in [4.69, 9.17) is 0 Å². The number of alkyl halides is 3. The van der Waals surface area contributed by atoms with E-state index < -0.39 is 35.4 Å². The van der Waals surface area contributed by atoms with Crippen molar-refractivity contribution in [2.45, 2.75) is 25.6 Å². The fourth-order valence-electron chi connectivity index (χ4n) is 3.84. The van der Waals surface area contributed by atoms with Crippen LogP contribution in [-0.2, 0) is 22.3 Å². The number of fused-ring (bicyclic) bond motifs is 1. The summed E-state index contributed by atoms with van der Waals surface area (Å²) in [5.74, 6) is -1.03. The molecule has 1 atom stereocenters. The number of hydrogen-bond donors (Lipinski definition) is 2. The molecular weight excluding hydrogens is 473 g/mol. The SMILES string of the molecule is CNC(=O)C1CCCN(c2nc3ncn(CC(=O)Nc4ccccc4C(F)(F)F)c(=O)c3s2)C1. The summed E-state index contributed by atoms with van der Waals surface area (Å²) in [6.07, 6.45) is -1.93. The van der Waals surface area contributed by atoms with Crippen molar-refractivity contribution in [2.75, 3.05) is 30.4 Å². The molecule has 3 heterocycles. The number of thiazole rings is 1. The Balaban J connectivity index is 1.53. The van der Waals surface area contributed by atoms with Gasteiger partial charge in [-0.05, 0) is 25.0 Å². The first-order chi connectivity index (χ1) is 16.2. The van der Waals surface area contributed by atoms with E-state index in [-0.39, 0.29) is 22.2 Å². The van der Waals surface area contributed by atoms with Crippen LogP contribution < -0.4 is 21.1 Å². The fourth-order valence-corrected chi connectivity index (χ4v) is 4.84. The van der Waals surface area contributed by atoms with E-state index in [2.05, 4.69) is 20.6 Å². The Bertz CT molecular complexity index is 1290. The Morgan fingerprint density at radius 3 is 2.76 bits per heavy atom. The van der Waals surface area contributed by atoms with Crippen molar-refractivity contribution >= 4 is 44.3 Å². The van der Waals surface area contributed by atoms with Gasteiger partial charge >= 0.3 is 6.18 Å². The van der Waals surface area contributed by atoms with Gasteiger partial charge in [-0.15, -0.1) is 0 Å². The van der Waals surface area contributed by atoms with Gasteiger partial charge in [-0.2, -0.15) is 18.2 Å². The Kier molecular flexibility index (Phi) is 6.55. The number of para-hydroxylation sites is 1. The van der Waals surface area contributed by atoms with E-state index in [1.54, 1.807) is 7.05 Å². The number of anilines is 2. The second-order valence-electron chi connectivity index (χ2n) is 7.82. The molecule has 0 bridgehead atoms. The predicted molar refractivity (Wildman–Crippen MR) is 121 cm³/mol. The van der Waals surface area contributed by atoms with E-state index in [9.17, 15) is 27.6 Å². The van der Waals surface area contributed by atoms with Crippen LogP contribution in [0.3, 0.4) is 0 Å². The molecule has 9 nitrogen and oxygen atoms in total. The third-order valence-corrected chi connectivity index (χ3v) is 6.60. The van der Waals surface area contributed by atoms with E-state index >= 15 is 0 Å². The first-order valence-electron chi connectivity index (χ1n) is 10.5. The van der Waals surface area contributed by atoms with Gasteiger partial charge in [-0.25, -0.2) is 4.98 Å². The molecule has 1 aliphatic heterocycles. The predicted octanol–water partition coefficient (Wildman–Crippen LogP) is 2.47. The molecule has 2 aromatic heterocycles. The minimum atomic E-state index is -4.63. The van der Waals surface area contributed by atoms with Crippen molar-refractivity contribution in [3.63, 3.8) is 0 Å². The van der Waals surface area contributed by atoms with Gasteiger partial charge in [0.2, 0.25) is 11.8 Å². The summed E-state index contributed by atoms with van der Waals surface area (Å²) in [5, 5.41) is 5.41. The molecule has 1 saturated heterocycles. The highest BCUT2D eigenvalue weighted by Crippen LogP contribution is 2.34. The van der Waals surface area contributed by atoms with Gasteiger partial charge in [0.25, 0.3) is 5.56 Å². The number of amides is 2. The Labute approximate surface area is 195 Å². The second-order valence-corrected chi connectivity index (χ2v) is 8.80. The first kappa shape index (κ1) is 23.7. The van der Waals surface area contributed by atoms with Crippen LogP contribution in [0.25, 0.3) is 10.3 Å². The van der Waals surface area contributed by atoms with Gasteiger partial charge in [0.05, 0.1) is 17.2 Å². The monoisotopic (exact) mass is 494 g/mol. The number of halogens is 3. The number of piperidine rings is 1. The van der Waals surface area contributed by atoms with Crippen LogP contribution in [0.15, 0.2) is 35.4 Å². The van der Waals surface area contributed by atoms with Crippen molar-refractivity contribution in [1.29, 1.82) is 0 Å². The zero-order chi connectivity index (χ0) is 24.5. The lowest BCUT2D eigenvalue weighted by Crippen LogP contribution is -2.42. The molecule has 1 fully saturated rings. The lowest BCUT2D eigenvalue weighted by atomic mass is 9.98. The van der Waals surface area contributed by atoms with Crippen LogP contribution in [0.2, 0.25) is 0 Å². The number of aromatic nitrogens is 3. The lowest BCUT2D eigenvalue weighted by molar-refractivity contribution is -0.137. The van der Waals surface area contributed by atoms with Crippen molar-refractivity contribution in [3.05, 3.63) is 46.5 Å². The Hall–Kier alpha value is -3.48. The van der Waals surface area contributed by atoms with Gasteiger partial charge in [0.1, 0.15) is 17.6 Å². The minimum Gasteiger partial charge on any atom is -0.359 e. The van der Waals surface area contributed by atoms with Gasteiger partial charge in [-0.1, -0.05) is 23.5 Å². The summed E-state index contributed by atoms with van der Waals surface area (Å²) >= 11 is 1.11. The average molecular weight is 494 g/mol. The molecule has 0 saturated carbocycles. The van der Waals surface area contributed by atoms with Crippen molar-refractivity contribution in [2.24, 2.45) is 5.92 Å². The van der Waals surface area contributed by atoms with Crippen molar-refractivity contribution < 1.29 is 22.8 Å². The molecule has 2 N–H and O–H groups in total. The maximum Gasteiger partial charge on any atom is 0.418 e. The molecule has 34 heavy (non-hydrogen) atoms. The Morgan fingerprint density at radius 2 is 2.03 bits per heavy atom.